The van der Waals surface area contributed by atoms with Gasteiger partial charge in [-0.05, 0) is 31.2 Å². The van der Waals surface area contributed by atoms with Crippen molar-refractivity contribution < 1.29 is 14.3 Å². The lowest BCUT2D eigenvalue weighted by Crippen LogP contribution is -2.19. The molecule has 0 bridgehead atoms. The number of carbonyl (C=O) groups excluding carboxylic acids is 1. The molecule has 0 amide bonds. The molecule has 0 radical (unpaired) electrons. The minimum absolute atomic E-state index is 0.302. The number of esters is 1. The lowest BCUT2D eigenvalue weighted by molar-refractivity contribution is -0.141. The molecule has 23 heavy (non-hydrogen) atoms. The largest absolute Gasteiger partial charge is 0.493 e. The molecule has 1 unspecified atom stereocenters. The van der Waals surface area contributed by atoms with E-state index < -0.39 is 6.04 Å². The number of hydrogen-bond donors (Lipinski definition) is 1. The summed E-state index contributed by atoms with van der Waals surface area (Å²) in [4.78, 5) is 20.6. The SMILES string of the molecule is COC(=O)C1CSC(c2nc3ccc(OCCCN)cc3s2)=N1. The topological polar surface area (TPSA) is 86.8 Å². The van der Waals surface area contributed by atoms with Crippen LogP contribution in [0.2, 0.25) is 0 Å². The minimum Gasteiger partial charge on any atom is -0.493 e. The van der Waals surface area contributed by atoms with E-state index in [4.69, 9.17) is 15.2 Å². The molecule has 1 aromatic carbocycles. The third-order valence-electron chi connectivity index (χ3n) is 3.28. The molecule has 1 atom stereocenters. The number of ether oxygens (including phenoxy) is 2. The summed E-state index contributed by atoms with van der Waals surface area (Å²) < 4.78 is 11.4. The molecule has 0 saturated heterocycles. The van der Waals surface area contributed by atoms with Gasteiger partial charge in [-0.2, -0.15) is 0 Å². The maximum Gasteiger partial charge on any atom is 0.331 e. The van der Waals surface area contributed by atoms with Gasteiger partial charge in [0.1, 0.15) is 15.8 Å². The lowest BCUT2D eigenvalue weighted by Gasteiger charge is -2.04. The maximum absolute atomic E-state index is 11.5. The Hall–Kier alpha value is -1.64. The number of aromatic nitrogens is 1. The Morgan fingerprint density at radius 2 is 2.35 bits per heavy atom. The van der Waals surface area contributed by atoms with Gasteiger partial charge in [0.15, 0.2) is 6.04 Å². The van der Waals surface area contributed by atoms with Crippen LogP contribution in [0.3, 0.4) is 0 Å². The van der Waals surface area contributed by atoms with Crippen molar-refractivity contribution in [1.29, 1.82) is 0 Å². The van der Waals surface area contributed by atoms with E-state index in [-0.39, 0.29) is 5.97 Å². The Balaban J connectivity index is 1.79. The molecule has 0 fully saturated rings. The van der Waals surface area contributed by atoms with Gasteiger partial charge >= 0.3 is 5.97 Å². The van der Waals surface area contributed by atoms with Crippen molar-refractivity contribution in [2.45, 2.75) is 12.5 Å². The molecule has 8 heteroatoms. The van der Waals surface area contributed by atoms with E-state index in [1.807, 2.05) is 18.2 Å². The van der Waals surface area contributed by atoms with Crippen molar-refractivity contribution in [1.82, 2.24) is 4.98 Å². The van der Waals surface area contributed by atoms with E-state index in [1.54, 1.807) is 11.3 Å². The summed E-state index contributed by atoms with van der Waals surface area (Å²) in [7, 11) is 1.38. The van der Waals surface area contributed by atoms with Crippen LogP contribution in [-0.4, -0.2) is 48.1 Å². The third kappa shape index (κ3) is 3.65. The van der Waals surface area contributed by atoms with E-state index in [0.29, 0.717) is 18.9 Å². The summed E-state index contributed by atoms with van der Waals surface area (Å²) in [6, 6.07) is 5.39. The lowest BCUT2D eigenvalue weighted by atomic mass is 10.3. The molecule has 0 saturated carbocycles. The second kappa shape index (κ2) is 7.29. The fraction of sp³-hybridized carbons (Fsp3) is 0.400. The first-order chi connectivity index (χ1) is 11.2. The number of thioether (sulfide) groups is 1. The fourth-order valence-corrected chi connectivity index (χ4v) is 4.19. The number of rotatable bonds is 6. The van der Waals surface area contributed by atoms with Crippen molar-refractivity contribution in [3.05, 3.63) is 23.2 Å². The number of methoxy groups -OCH3 is 1. The Morgan fingerprint density at radius 3 is 3.13 bits per heavy atom. The first kappa shape index (κ1) is 16.2. The zero-order valence-corrected chi connectivity index (χ0v) is 14.3. The van der Waals surface area contributed by atoms with Gasteiger partial charge in [-0.15, -0.1) is 23.1 Å². The predicted molar refractivity (Wildman–Crippen MR) is 93.6 cm³/mol. The number of thiazole rings is 1. The molecule has 1 aromatic heterocycles. The number of aliphatic imine (C=N–C) groups is 1. The highest BCUT2D eigenvalue weighted by atomic mass is 32.2. The smallest absolute Gasteiger partial charge is 0.331 e. The first-order valence-corrected chi connectivity index (χ1v) is 9.03. The normalized spacial score (nSPS) is 17.3. The summed E-state index contributed by atoms with van der Waals surface area (Å²) in [5.74, 6) is 1.12. The summed E-state index contributed by atoms with van der Waals surface area (Å²) in [5, 5.41) is 1.63. The highest BCUT2D eigenvalue weighted by Crippen LogP contribution is 2.31. The zero-order chi connectivity index (χ0) is 16.2. The number of nitrogens with two attached hydrogens (primary N) is 1. The van der Waals surface area contributed by atoms with Crippen LogP contribution in [0.4, 0.5) is 0 Å². The number of hydrogen-bond acceptors (Lipinski definition) is 8. The summed E-state index contributed by atoms with van der Waals surface area (Å²) in [6.07, 6.45) is 0.828. The van der Waals surface area contributed by atoms with Gasteiger partial charge in [0.25, 0.3) is 0 Å². The molecular weight excluding hydrogens is 334 g/mol. The van der Waals surface area contributed by atoms with Gasteiger partial charge in [0.05, 0.1) is 23.9 Å². The summed E-state index contributed by atoms with van der Waals surface area (Å²) in [6.45, 7) is 1.22. The van der Waals surface area contributed by atoms with Crippen LogP contribution in [0.15, 0.2) is 23.2 Å². The van der Waals surface area contributed by atoms with Gasteiger partial charge in [0, 0.05) is 5.75 Å². The molecule has 0 spiro atoms. The van der Waals surface area contributed by atoms with E-state index in [1.165, 1.54) is 18.9 Å². The van der Waals surface area contributed by atoms with Crippen LogP contribution in [0.1, 0.15) is 11.4 Å². The fourth-order valence-electron chi connectivity index (χ4n) is 2.11. The number of fused-ring (bicyclic) bond motifs is 1. The van der Waals surface area contributed by atoms with Gasteiger partial charge < -0.3 is 15.2 Å². The van der Waals surface area contributed by atoms with Gasteiger partial charge in [-0.3, -0.25) is 4.99 Å². The monoisotopic (exact) mass is 351 g/mol. The molecule has 2 aromatic rings. The average Bonchev–Trinajstić information content (AvgIpc) is 3.20. The molecule has 122 valence electrons. The van der Waals surface area contributed by atoms with Gasteiger partial charge in [-0.25, -0.2) is 9.78 Å². The second-order valence-corrected chi connectivity index (χ2v) is 6.96. The molecule has 6 nitrogen and oxygen atoms in total. The van der Waals surface area contributed by atoms with Crippen LogP contribution in [-0.2, 0) is 9.53 Å². The van der Waals surface area contributed by atoms with Crippen molar-refractivity contribution in [2.75, 3.05) is 26.0 Å². The number of carbonyl (C=O) groups is 1. The Kier molecular flexibility index (Phi) is 5.14. The molecule has 0 aliphatic carbocycles. The van der Waals surface area contributed by atoms with Gasteiger partial charge in [0.2, 0.25) is 0 Å². The molecular formula is C15H17N3O3S2. The van der Waals surface area contributed by atoms with E-state index in [9.17, 15) is 4.79 Å². The van der Waals surface area contributed by atoms with E-state index >= 15 is 0 Å². The van der Waals surface area contributed by atoms with Crippen LogP contribution in [0, 0.1) is 0 Å². The molecule has 2 heterocycles. The first-order valence-electron chi connectivity index (χ1n) is 7.23. The summed E-state index contributed by atoms with van der Waals surface area (Å²) in [5.41, 5.74) is 6.37. The van der Waals surface area contributed by atoms with Crippen LogP contribution in [0.25, 0.3) is 10.2 Å². The molecule has 3 rings (SSSR count). The Morgan fingerprint density at radius 1 is 1.48 bits per heavy atom. The average molecular weight is 351 g/mol. The Labute approximate surface area is 142 Å². The second-order valence-electron chi connectivity index (χ2n) is 4.92. The quantitative estimate of drug-likeness (QED) is 0.633. The van der Waals surface area contributed by atoms with Crippen LogP contribution in [0.5, 0.6) is 5.75 Å². The van der Waals surface area contributed by atoms with Crippen molar-refractivity contribution >= 4 is 44.3 Å². The van der Waals surface area contributed by atoms with Crippen molar-refractivity contribution in [2.24, 2.45) is 10.7 Å². The Bertz CT molecular complexity index is 745. The molecule has 1 aliphatic heterocycles. The molecule has 1 aliphatic rings. The van der Waals surface area contributed by atoms with Crippen molar-refractivity contribution in [3.8, 4) is 5.75 Å². The van der Waals surface area contributed by atoms with Gasteiger partial charge in [-0.1, -0.05) is 0 Å². The highest BCUT2D eigenvalue weighted by molar-refractivity contribution is 8.15. The molecule has 2 N–H and O–H groups in total. The highest BCUT2D eigenvalue weighted by Gasteiger charge is 2.27. The predicted octanol–water partition coefficient (Wildman–Crippen LogP) is 2.06. The van der Waals surface area contributed by atoms with E-state index in [0.717, 1.165) is 32.4 Å². The third-order valence-corrected chi connectivity index (χ3v) is 5.49. The van der Waals surface area contributed by atoms with Crippen LogP contribution < -0.4 is 10.5 Å². The van der Waals surface area contributed by atoms with Crippen LogP contribution >= 0.6 is 23.1 Å². The summed E-state index contributed by atoms with van der Waals surface area (Å²) >= 11 is 3.09. The maximum atomic E-state index is 11.5. The standard InChI is InChI=1S/C15H17N3O3S2/c1-20-15(19)11-8-22-13(18-11)14-17-10-4-3-9(7-12(10)23-14)21-6-2-5-16/h3-4,7,11H,2,5-6,8,16H2,1H3. The number of benzene rings is 1. The number of nitrogens with zero attached hydrogens (tertiary/aromatic N) is 2. The minimum atomic E-state index is -0.429. The van der Waals surface area contributed by atoms with E-state index in [2.05, 4.69) is 9.98 Å². The zero-order valence-electron chi connectivity index (χ0n) is 12.7. The van der Waals surface area contributed by atoms with Crippen molar-refractivity contribution in [3.63, 3.8) is 0 Å².